The van der Waals surface area contributed by atoms with Gasteiger partial charge in [-0.25, -0.2) is 0 Å². The molecule has 1 aliphatic heterocycles. The van der Waals surface area contributed by atoms with Gasteiger partial charge >= 0.3 is 0 Å². The number of nitrogens with one attached hydrogen (secondary N) is 1. The van der Waals surface area contributed by atoms with Gasteiger partial charge in [0.25, 0.3) is 0 Å². The van der Waals surface area contributed by atoms with Gasteiger partial charge in [0.15, 0.2) is 5.16 Å². The fourth-order valence-electron chi connectivity index (χ4n) is 4.08. The summed E-state index contributed by atoms with van der Waals surface area (Å²) in [6, 6.07) is 21.2. The van der Waals surface area contributed by atoms with Gasteiger partial charge in [-0.3, -0.25) is 14.2 Å². The minimum atomic E-state index is -0.252. The second kappa shape index (κ2) is 9.82. The summed E-state index contributed by atoms with van der Waals surface area (Å²) < 4.78 is 2.02. The zero-order chi connectivity index (χ0) is 23.5. The van der Waals surface area contributed by atoms with E-state index in [1.54, 1.807) is 16.2 Å². The van der Waals surface area contributed by atoms with Crippen LogP contribution in [0.25, 0.3) is 5.69 Å². The SMILES string of the molecule is CC1CC(=O)Nc2ccccc2N1C(=O)CSc1nnc(Cc2cccs2)n1-c1ccccc1. The minimum Gasteiger partial charge on any atom is -0.324 e. The van der Waals surface area contributed by atoms with E-state index in [4.69, 9.17) is 0 Å². The first kappa shape index (κ1) is 22.4. The Bertz CT molecular complexity index is 1300. The standard InChI is InChI=1S/C25H23N5O2S2/c1-17-14-23(31)26-20-11-5-6-12-21(20)29(17)24(32)16-34-25-28-27-22(15-19-10-7-13-33-19)30(25)18-8-3-2-4-9-18/h2-13,17H,14-16H2,1H3,(H,26,31). The van der Waals surface area contributed by atoms with Gasteiger partial charge in [0.2, 0.25) is 11.8 Å². The van der Waals surface area contributed by atoms with Gasteiger partial charge in [0.05, 0.1) is 17.1 Å². The highest BCUT2D eigenvalue weighted by molar-refractivity contribution is 7.99. The van der Waals surface area contributed by atoms with Crippen molar-refractivity contribution < 1.29 is 9.59 Å². The van der Waals surface area contributed by atoms with E-state index in [9.17, 15) is 9.59 Å². The number of anilines is 2. The number of hydrogen-bond acceptors (Lipinski definition) is 6. The number of para-hydroxylation sites is 3. The molecule has 0 saturated heterocycles. The fraction of sp³-hybridized carbons (Fsp3) is 0.200. The van der Waals surface area contributed by atoms with E-state index >= 15 is 0 Å². The molecule has 172 valence electrons. The lowest BCUT2D eigenvalue weighted by Gasteiger charge is -2.27. The van der Waals surface area contributed by atoms with Crippen molar-refractivity contribution in [3.63, 3.8) is 0 Å². The molecule has 0 spiro atoms. The van der Waals surface area contributed by atoms with Crippen molar-refractivity contribution in [2.75, 3.05) is 16.0 Å². The first-order valence-electron chi connectivity index (χ1n) is 11.0. The lowest BCUT2D eigenvalue weighted by molar-refractivity contribution is -0.117. The van der Waals surface area contributed by atoms with E-state index < -0.39 is 0 Å². The molecule has 1 atom stereocenters. The summed E-state index contributed by atoms with van der Waals surface area (Å²) in [4.78, 5) is 28.6. The molecule has 9 heteroatoms. The zero-order valence-corrected chi connectivity index (χ0v) is 20.2. The van der Waals surface area contributed by atoms with Crippen LogP contribution in [-0.2, 0) is 16.0 Å². The molecule has 3 heterocycles. The molecule has 0 saturated carbocycles. The van der Waals surface area contributed by atoms with Crippen molar-refractivity contribution in [1.29, 1.82) is 0 Å². The lowest BCUT2D eigenvalue weighted by atomic mass is 10.2. The van der Waals surface area contributed by atoms with Crippen LogP contribution in [0.3, 0.4) is 0 Å². The number of rotatable bonds is 6. The van der Waals surface area contributed by atoms with Crippen LogP contribution < -0.4 is 10.2 Å². The van der Waals surface area contributed by atoms with E-state index in [1.165, 1.54) is 16.6 Å². The molecule has 1 aliphatic rings. The predicted octanol–water partition coefficient (Wildman–Crippen LogP) is 4.78. The molecule has 2 aromatic carbocycles. The Morgan fingerprint density at radius 3 is 2.68 bits per heavy atom. The molecule has 0 fully saturated rings. The molecular formula is C25H23N5O2S2. The number of carbonyl (C=O) groups excluding carboxylic acids is 2. The van der Waals surface area contributed by atoms with Crippen molar-refractivity contribution in [3.8, 4) is 5.69 Å². The van der Waals surface area contributed by atoms with Crippen LogP contribution in [0.1, 0.15) is 24.0 Å². The first-order chi connectivity index (χ1) is 16.6. The number of amides is 2. The predicted molar refractivity (Wildman–Crippen MR) is 136 cm³/mol. The van der Waals surface area contributed by atoms with Gasteiger partial charge in [0, 0.05) is 29.4 Å². The Morgan fingerprint density at radius 1 is 1.09 bits per heavy atom. The molecule has 0 radical (unpaired) electrons. The largest absolute Gasteiger partial charge is 0.324 e. The summed E-state index contributed by atoms with van der Waals surface area (Å²) >= 11 is 3.04. The third-order valence-corrected chi connectivity index (χ3v) is 7.37. The lowest BCUT2D eigenvalue weighted by Crippen LogP contribution is -2.40. The van der Waals surface area contributed by atoms with Crippen LogP contribution in [0.5, 0.6) is 0 Å². The van der Waals surface area contributed by atoms with Crippen LogP contribution in [0, 0.1) is 0 Å². The highest BCUT2D eigenvalue weighted by Crippen LogP contribution is 2.32. The number of thiophene rings is 1. The maximum atomic E-state index is 13.4. The van der Waals surface area contributed by atoms with Crippen LogP contribution >= 0.6 is 23.1 Å². The van der Waals surface area contributed by atoms with Gasteiger partial charge in [-0.05, 0) is 42.6 Å². The summed E-state index contributed by atoms with van der Waals surface area (Å²) in [7, 11) is 0. The highest BCUT2D eigenvalue weighted by atomic mass is 32.2. The zero-order valence-electron chi connectivity index (χ0n) is 18.5. The number of aromatic nitrogens is 3. The minimum absolute atomic E-state index is 0.0798. The number of benzene rings is 2. The molecule has 0 bridgehead atoms. The number of fused-ring (bicyclic) bond motifs is 1. The van der Waals surface area contributed by atoms with Crippen molar-refractivity contribution in [3.05, 3.63) is 82.8 Å². The van der Waals surface area contributed by atoms with Crippen LogP contribution in [0.15, 0.2) is 77.3 Å². The average Bonchev–Trinajstić information content (AvgIpc) is 3.47. The number of carbonyl (C=O) groups is 2. The van der Waals surface area contributed by atoms with Crippen LogP contribution in [0.4, 0.5) is 11.4 Å². The Morgan fingerprint density at radius 2 is 1.88 bits per heavy atom. The summed E-state index contributed by atoms with van der Waals surface area (Å²) in [6.07, 6.45) is 0.911. The van der Waals surface area contributed by atoms with Gasteiger partial charge in [-0.15, -0.1) is 21.5 Å². The number of nitrogens with zero attached hydrogens (tertiary/aromatic N) is 4. The maximum absolute atomic E-state index is 13.4. The van der Waals surface area contributed by atoms with Gasteiger partial charge < -0.3 is 10.2 Å². The molecule has 4 aromatic rings. The average molecular weight is 490 g/mol. The van der Waals surface area contributed by atoms with Crippen LogP contribution in [0.2, 0.25) is 0 Å². The number of thioether (sulfide) groups is 1. The van der Waals surface area contributed by atoms with E-state index in [2.05, 4.69) is 21.6 Å². The first-order valence-corrected chi connectivity index (χ1v) is 12.8. The summed E-state index contributed by atoms with van der Waals surface area (Å²) in [5, 5.41) is 14.5. The molecule has 2 amide bonds. The molecule has 1 N–H and O–H groups in total. The van der Waals surface area contributed by atoms with E-state index in [0.717, 1.165) is 17.2 Å². The van der Waals surface area contributed by atoms with E-state index in [1.807, 2.05) is 77.5 Å². The molecule has 0 aliphatic carbocycles. The quantitative estimate of drug-likeness (QED) is 0.395. The Kier molecular flexibility index (Phi) is 6.46. The fourth-order valence-corrected chi connectivity index (χ4v) is 5.61. The molecule has 1 unspecified atom stereocenters. The Labute approximate surface area is 205 Å². The monoisotopic (exact) mass is 489 g/mol. The van der Waals surface area contributed by atoms with E-state index in [-0.39, 0.29) is 30.0 Å². The molecule has 2 aromatic heterocycles. The normalized spacial score (nSPS) is 15.5. The van der Waals surface area contributed by atoms with Crippen LogP contribution in [-0.4, -0.2) is 38.4 Å². The topological polar surface area (TPSA) is 80.1 Å². The highest BCUT2D eigenvalue weighted by Gasteiger charge is 2.30. The Balaban J connectivity index is 1.41. The van der Waals surface area contributed by atoms with Crippen molar-refractivity contribution in [2.24, 2.45) is 0 Å². The molecule has 5 rings (SSSR count). The summed E-state index contributed by atoms with van der Waals surface area (Å²) in [5.74, 6) is 0.831. The second-order valence-electron chi connectivity index (χ2n) is 8.00. The molecule has 7 nitrogen and oxygen atoms in total. The second-order valence-corrected chi connectivity index (χ2v) is 9.97. The Hall–Kier alpha value is -3.43. The number of hydrogen-bond donors (Lipinski definition) is 1. The van der Waals surface area contributed by atoms with Gasteiger partial charge in [0.1, 0.15) is 5.82 Å². The van der Waals surface area contributed by atoms with Crippen molar-refractivity contribution in [2.45, 2.75) is 31.0 Å². The third kappa shape index (κ3) is 4.62. The maximum Gasteiger partial charge on any atom is 0.237 e. The summed E-state index contributed by atoms with van der Waals surface area (Å²) in [6.45, 7) is 1.90. The van der Waals surface area contributed by atoms with E-state index in [0.29, 0.717) is 17.3 Å². The van der Waals surface area contributed by atoms with Crippen molar-refractivity contribution in [1.82, 2.24) is 14.8 Å². The van der Waals surface area contributed by atoms with Gasteiger partial charge in [-0.2, -0.15) is 0 Å². The molecular weight excluding hydrogens is 466 g/mol. The van der Waals surface area contributed by atoms with Gasteiger partial charge in [-0.1, -0.05) is 48.2 Å². The summed E-state index contributed by atoms with van der Waals surface area (Å²) in [5.41, 5.74) is 2.33. The van der Waals surface area contributed by atoms with Crippen molar-refractivity contribution >= 4 is 46.3 Å². The third-order valence-electron chi connectivity index (χ3n) is 5.58. The smallest absolute Gasteiger partial charge is 0.237 e. The molecule has 34 heavy (non-hydrogen) atoms.